The van der Waals surface area contributed by atoms with E-state index in [2.05, 4.69) is 15.8 Å². The summed E-state index contributed by atoms with van der Waals surface area (Å²) in [6, 6.07) is 14.5. The molecule has 0 radical (unpaired) electrons. The fourth-order valence-electron chi connectivity index (χ4n) is 2.66. The Kier molecular flexibility index (Phi) is 11.7. The van der Waals surface area contributed by atoms with Crippen molar-refractivity contribution in [1.29, 1.82) is 0 Å². The van der Waals surface area contributed by atoms with Gasteiger partial charge in [0.1, 0.15) is 5.75 Å². The van der Waals surface area contributed by atoms with Gasteiger partial charge in [-0.2, -0.15) is 5.10 Å². The molecule has 0 bridgehead atoms. The highest BCUT2D eigenvalue weighted by Gasteiger charge is 2.21. The summed E-state index contributed by atoms with van der Waals surface area (Å²) in [4.78, 5) is 23.3. The summed E-state index contributed by atoms with van der Waals surface area (Å²) in [6.07, 6.45) is -0.129. The van der Waals surface area contributed by atoms with Crippen LogP contribution in [0.15, 0.2) is 53.6 Å². The van der Waals surface area contributed by atoms with E-state index in [-0.39, 0.29) is 33.7 Å². The van der Waals surface area contributed by atoms with Gasteiger partial charge >= 0.3 is 6.09 Å². The van der Waals surface area contributed by atoms with Gasteiger partial charge in [0, 0.05) is 18.0 Å². The standard InChI is InChI=1S/C19H19N3O3.4H2O/c1-12-4-3-5-16(10-12)25-19(24)20-15-8-6-14(7-9-15)18-13(2)11-17(23)21-22-18;;;;/h3-10,13H,11H2,1-2H3,(H,20,24)(H,21,23);4*1H2. The molecule has 1 aliphatic rings. The van der Waals surface area contributed by atoms with Crippen LogP contribution in [0.4, 0.5) is 10.5 Å². The van der Waals surface area contributed by atoms with Crippen LogP contribution in [-0.4, -0.2) is 39.6 Å². The van der Waals surface area contributed by atoms with E-state index in [4.69, 9.17) is 4.74 Å². The molecule has 0 aliphatic carbocycles. The number of hydrogen-bond acceptors (Lipinski definition) is 4. The van der Waals surface area contributed by atoms with Crippen molar-refractivity contribution in [1.82, 2.24) is 5.43 Å². The lowest BCUT2D eigenvalue weighted by Crippen LogP contribution is -2.31. The summed E-state index contributed by atoms with van der Waals surface area (Å²) in [5.41, 5.74) is 5.87. The van der Waals surface area contributed by atoms with Crippen molar-refractivity contribution in [2.75, 3.05) is 5.32 Å². The second-order valence-corrected chi connectivity index (χ2v) is 6.05. The minimum atomic E-state index is -0.547. The third-order valence-electron chi connectivity index (χ3n) is 3.89. The number of nitrogens with one attached hydrogen (secondary N) is 2. The van der Waals surface area contributed by atoms with Crippen LogP contribution in [0.25, 0.3) is 0 Å². The number of carbonyl (C=O) groups is 2. The molecule has 10 N–H and O–H groups in total. The predicted molar refractivity (Wildman–Crippen MR) is 110 cm³/mol. The Bertz CT molecular complexity index is 838. The number of amides is 2. The molecular formula is C19H27N3O7. The molecule has 10 nitrogen and oxygen atoms in total. The molecule has 160 valence electrons. The molecule has 1 heterocycles. The molecule has 0 saturated heterocycles. The monoisotopic (exact) mass is 409 g/mol. The van der Waals surface area contributed by atoms with Gasteiger partial charge in [-0.15, -0.1) is 0 Å². The third-order valence-corrected chi connectivity index (χ3v) is 3.89. The molecule has 0 saturated carbocycles. The van der Waals surface area contributed by atoms with Gasteiger partial charge in [-0.05, 0) is 42.3 Å². The average Bonchev–Trinajstić information content (AvgIpc) is 2.56. The second kappa shape index (κ2) is 12.2. The minimum absolute atomic E-state index is 0. The molecule has 0 spiro atoms. The number of ether oxygens (including phenoxy) is 1. The van der Waals surface area contributed by atoms with E-state index in [1.807, 2.05) is 38.1 Å². The van der Waals surface area contributed by atoms with Crippen LogP contribution in [-0.2, 0) is 4.79 Å². The fraction of sp³-hybridized carbons (Fsp3) is 0.211. The number of hydrazone groups is 1. The number of carbonyl (C=O) groups excluding carboxylic acids is 2. The van der Waals surface area contributed by atoms with Crippen LogP contribution < -0.4 is 15.5 Å². The highest BCUT2D eigenvalue weighted by atomic mass is 16.6. The number of hydrogen-bond donors (Lipinski definition) is 2. The smallest absolute Gasteiger partial charge is 0.412 e. The summed E-state index contributed by atoms with van der Waals surface area (Å²) >= 11 is 0. The predicted octanol–water partition coefficient (Wildman–Crippen LogP) is 0.167. The van der Waals surface area contributed by atoms with E-state index in [1.165, 1.54) is 0 Å². The Morgan fingerprint density at radius 3 is 2.34 bits per heavy atom. The number of nitrogens with zero attached hydrogens (tertiary/aromatic N) is 1. The molecule has 29 heavy (non-hydrogen) atoms. The summed E-state index contributed by atoms with van der Waals surface area (Å²) in [5, 5.41) is 6.81. The van der Waals surface area contributed by atoms with Gasteiger partial charge in [-0.25, -0.2) is 10.2 Å². The SMILES string of the molecule is Cc1cccc(OC(=O)Nc2ccc(C3=NNC(=O)CC3C)cc2)c1.O.O.O.O. The van der Waals surface area contributed by atoms with Crippen LogP contribution in [0.2, 0.25) is 0 Å². The van der Waals surface area contributed by atoms with Crippen molar-refractivity contribution < 1.29 is 36.2 Å². The van der Waals surface area contributed by atoms with E-state index >= 15 is 0 Å². The van der Waals surface area contributed by atoms with Crippen molar-refractivity contribution in [3.63, 3.8) is 0 Å². The first-order valence-corrected chi connectivity index (χ1v) is 8.03. The van der Waals surface area contributed by atoms with Gasteiger partial charge in [-0.1, -0.05) is 31.2 Å². The van der Waals surface area contributed by atoms with Gasteiger partial charge in [0.15, 0.2) is 0 Å². The molecule has 3 rings (SSSR count). The molecule has 10 heteroatoms. The van der Waals surface area contributed by atoms with Gasteiger partial charge in [0.25, 0.3) is 0 Å². The Hall–Kier alpha value is -3.31. The summed E-state index contributed by atoms with van der Waals surface area (Å²) < 4.78 is 5.25. The van der Waals surface area contributed by atoms with Crippen LogP contribution in [0.5, 0.6) is 5.75 Å². The van der Waals surface area contributed by atoms with Gasteiger partial charge in [-0.3, -0.25) is 10.1 Å². The van der Waals surface area contributed by atoms with Crippen LogP contribution in [0, 0.1) is 12.8 Å². The highest BCUT2D eigenvalue weighted by molar-refractivity contribution is 6.06. The molecule has 1 aliphatic heterocycles. The summed E-state index contributed by atoms with van der Waals surface area (Å²) in [5.74, 6) is 0.475. The fourth-order valence-corrected chi connectivity index (χ4v) is 2.66. The molecule has 0 aromatic heterocycles. The molecule has 1 atom stereocenters. The Morgan fingerprint density at radius 2 is 1.76 bits per heavy atom. The number of rotatable bonds is 3. The highest BCUT2D eigenvalue weighted by Crippen LogP contribution is 2.19. The first-order valence-electron chi connectivity index (χ1n) is 8.03. The van der Waals surface area contributed by atoms with Gasteiger partial charge in [0.05, 0.1) is 5.71 Å². The van der Waals surface area contributed by atoms with Crippen molar-refractivity contribution >= 4 is 23.4 Å². The molecule has 2 aromatic rings. The van der Waals surface area contributed by atoms with Crippen molar-refractivity contribution in [3.8, 4) is 5.75 Å². The van der Waals surface area contributed by atoms with Crippen molar-refractivity contribution in [2.24, 2.45) is 11.0 Å². The Balaban J connectivity index is 0. The largest absolute Gasteiger partial charge is 0.417 e. The number of aryl methyl sites for hydroxylation is 1. The Morgan fingerprint density at radius 1 is 1.10 bits per heavy atom. The second-order valence-electron chi connectivity index (χ2n) is 6.05. The van der Waals surface area contributed by atoms with Crippen LogP contribution >= 0.6 is 0 Å². The van der Waals surface area contributed by atoms with Gasteiger partial charge < -0.3 is 26.6 Å². The lowest BCUT2D eigenvalue weighted by Gasteiger charge is -2.19. The van der Waals surface area contributed by atoms with E-state index in [0.29, 0.717) is 17.9 Å². The quantitative estimate of drug-likeness (QED) is 0.727. The molecule has 0 fully saturated rings. The maximum absolute atomic E-state index is 12.0. The third kappa shape index (κ3) is 7.31. The van der Waals surface area contributed by atoms with E-state index in [9.17, 15) is 9.59 Å². The molecule has 2 amide bonds. The first kappa shape index (κ1) is 27.9. The van der Waals surface area contributed by atoms with Crippen molar-refractivity contribution in [3.05, 3.63) is 59.7 Å². The normalized spacial score (nSPS) is 14.3. The van der Waals surface area contributed by atoms with Crippen LogP contribution in [0.1, 0.15) is 24.5 Å². The average molecular weight is 409 g/mol. The van der Waals surface area contributed by atoms with E-state index < -0.39 is 6.09 Å². The lowest BCUT2D eigenvalue weighted by atomic mass is 9.94. The molecule has 2 aromatic carbocycles. The van der Waals surface area contributed by atoms with E-state index in [0.717, 1.165) is 16.8 Å². The molecule has 1 unspecified atom stereocenters. The van der Waals surface area contributed by atoms with Gasteiger partial charge in [0.2, 0.25) is 5.91 Å². The van der Waals surface area contributed by atoms with Crippen LogP contribution in [0.3, 0.4) is 0 Å². The summed E-state index contributed by atoms with van der Waals surface area (Å²) in [6.45, 7) is 3.89. The lowest BCUT2D eigenvalue weighted by molar-refractivity contribution is -0.121. The number of benzene rings is 2. The number of anilines is 1. The maximum Gasteiger partial charge on any atom is 0.417 e. The van der Waals surface area contributed by atoms with Crippen molar-refractivity contribution in [2.45, 2.75) is 20.3 Å². The van der Waals surface area contributed by atoms with E-state index in [1.54, 1.807) is 24.3 Å². The zero-order valence-electron chi connectivity index (χ0n) is 16.1. The zero-order valence-corrected chi connectivity index (χ0v) is 16.1. The minimum Gasteiger partial charge on any atom is -0.412 e. The Labute approximate surface area is 167 Å². The first-order chi connectivity index (χ1) is 12.0. The maximum atomic E-state index is 12.0. The topological polar surface area (TPSA) is 206 Å². The summed E-state index contributed by atoms with van der Waals surface area (Å²) in [7, 11) is 0. The molecular weight excluding hydrogens is 382 g/mol. The zero-order chi connectivity index (χ0) is 17.8.